The van der Waals surface area contributed by atoms with E-state index < -0.39 is 0 Å². The van der Waals surface area contributed by atoms with Crippen LogP contribution in [0, 0.1) is 5.92 Å². The van der Waals surface area contributed by atoms with Crippen LogP contribution in [0.2, 0.25) is 5.02 Å². The number of benzene rings is 3. The average molecular weight is 416 g/mol. The molecule has 1 aliphatic carbocycles. The fraction of sp³-hybridized carbons (Fsp3) is 0.200. The molecule has 3 aromatic carbocycles. The molecule has 1 fully saturated rings. The van der Waals surface area contributed by atoms with E-state index in [4.69, 9.17) is 16.6 Å². The molecule has 1 saturated carbocycles. The lowest BCUT2D eigenvalue weighted by Crippen LogP contribution is -2.32. The molecular weight excluding hydrogens is 394 g/mol. The smallest absolute Gasteiger partial charge is 0.224 e. The molecule has 3 atom stereocenters. The van der Waals surface area contributed by atoms with Gasteiger partial charge in [-0.3, -0.25) is 4.79 Å². The summed E-state index contributed by atoms with van der Waals surface area (Å²) in [6, 6.07) is 25.7. The Bertz CT molecular complexity index is 1150. The molecule has 5 rings (SSSR count). The molecule has 5 heteroatoms. The summed E-state index contributed by atoms with van der Waals surface area (Å²) in [6.45, 7) is 0. The molecule has 150 valence electrons. The highest BCUT2D eigenvalue weighted by Gasteiger charge is 2.45. The number of nitrogens with one attached hydrogen (secondary N) is 2. The van der Waals surface area contributed by atoms with Gasteiger partial charge in [-0.25, -0.2) is 4.98 Å². The molecular formula is C25H22ClN3O. The molecule has 2 unspecified atom stereocenters. The minimum Gasteiger partial charge on any atom is -0.346 e. The quantitative estimate of drug-likeness (QED) is 0.441. The SMILES string of the molecule is O=C(N[C@@H](Cc1ccccc1)c1nc2ccccc2[nH]1)C1CC1c1ccccc1Cl. The van der Waals surface area contributed by atoms with Gasteiger partial charge in [0.15, 0.2) is 0 Å². The van der Waals surface area contributed by atoms with Crippen molar-refractivity contribution in [3.63, 3.8) is 0 Å². The van der Waals surface area contributed by atoms with Crippen LogP contribution in [0.1, 0.15) is 35.3 Å². The number of hydrogen-bond acceptors (Lipinski definition) is 2. The molecule has 1 aliphatic rings. The van der Waals surface area contributed by atoms with Crippen molar-refractivity contribution in [2.75, 3.05) is 0 Å². The molecule has 1 aromatic heterocycles. The second-order valence-corrected chi connectivity index (χ2v) is 8.27. The van der Waals surface area contributed by atoms with Crippen molar-refractivity contribution in [2.24, 2.45) is 5.92 Å². The van der Waals surface area contributed by atoms with Crippen LogP contribution in [-0.4, -0.2) is 15.9 Å². The number of carbonyl (C=O) groups is 1. The Morgan fingerprint density at radius 2 is 1.77 bits per heavy atom. The van der Waals surface area contributed by atoms with Crippen LogP contribution in [0.4, 0.5) is 0 Å². The van der Waals surface area contributed by atoms with Crippen LogP contribution in [0.5, 0.6) is 0 Å². The van der Waals surface area contributed by atoms with Crippen molar-refractivity contribution in [3.8, 4) is 0 Å². The third kappa shape index (κ3) is 3.83. The molecule has 0 spiro atoms. The largest absolute Gasteiger partial charge is 0.346 e. The second-order valence-electron chi connectivity index (χ2n) is 7.86. The lowest BCUT2D eigenvalue weighted by molar-refractivity contribution is -0.123. The molecule has 30 heavy (non-hydrogen) atoms. The minimum atomic E-state index is -0.222. The van der Waals surface area contributed by atoms with Gasteiger partial charge in [0.25, 0.3) is 0 Å². The summed E-state index contributed by atoms with van der Waals surface area (Å²) in [5.74, 6) is 0.976. The molecule has 1 amide bonds. The fourth-order valence-corrected chi connectivity index (χ4v) is 4.36. The number of hydrogen-bond donors (Lipinski definition) is 2. The van der Waals surface area contributed by atoms with Gasteiger partial charge in [-0.15, -0.1) is 0 Å². The third-order valence-electron chi connectivity index (χ3n) is 5.77. The van der Waals surface area contributed by atoms with E-state index in [1.165, 1.54) is 0 Å². The van der Waals surface area contributed by atoms with E-state index in [2.05, 4.69) is 22.4 Å². The maximum absolute atomic E-state index is 13.1. The lowest BCUT2D eigenvalue weighted by atomic mass is 10.0. The molecule has 4 aromatic rings. The Balaban J connectivity index is 1.38. The van der Waals surface area contributed by atoms with Crippen LogP contribution in [-0.2, 0) is 11.2 Å². The van der Waals surface area contributed by atoms with Gasteiger partial charge in [0.2, 0.25) is 5.91 Å². The van der Waals surface area contributed by atoms with Crippen molar-refractivity contribution < 1.29 is 4.79 Å². The zero-order chi connectivity index (χ0) is 20.5. The van der Waals surface area contributed by atoms with Crippen LogP contribution >= 0.6 is 11.6 Å². The summed E-state index contributed by atoms with van der Waals surface area (Å²) >= 11 is 6.34. The number of para-hydroxylation sites is 2. The molecule has 4 nitrogen and oxygen atoms in total. The first-order valence-corrected chi connectivity index (χ1v) is 10.6. The number of imidazole rings is 1. The van der Waals surface area contributed by atoms with E-state index in [1.807, 2.05) is 66.7 Å². The second kappa shape index (κ2) is 7.96. The van der Waals surface area contributed by atoms with Gasteiger partial charge in [0.05, 0.1) is 17.1 Å². The highest BCUT2D eigenvalue weighted by atomic mass is 35.5. The van der Waals surface area contributed by atoms with E-state index >= 15 is 0 Å². The molecule has 1 heterocycles. The predicted octanol–water partition coefficient (Wildman–Crippen LogP) is 5.42. The first-order valence-electron chi connectivity index (χ1n) is 10.2. The Hall–Kier alpha value is -3.11. The normalized spacial score (nSPS) is 18.8. The summed E-state index contributed by atoms with van der Waals surface area (Å²) < 4.78 is 0. The number of aromatic amines is 1. The van der Waals surface area contributed by atoms with Gasteiger partial charge in [-0.1, -0.05) is 72.3 Å². The number of rotatable bonds is 6. The number of aromatic nitrogens is 2. The highest BCUT2D eigenvalue weighted by Crippen LogP contribution is 2.49. The first-order chi connectivity index (χ1) is 14.7. The predicted molar refractivity (Wildman–Crippen MR) is 119 cm³/mol. The summed E-state index contributed by atoms with van der Waals surface area (Å²) in [5, 5.41) is 3.98. The maximum Gasteiger partial charge on any atom is 0.224 e. The number of carbonyl (C=O) groups excluding carboxylic acids is 1. The van der Waals surface area contributed by atoms with E-state index in [-0.39, 0.29) is 23.8 Å². The van der Waals surface area contributed by atoms with Gasteiger partial charge < -0.3 is 10.3 Å². The van der Waals surface area contributed by atoms with Crippen molar-refractivity contribution >= 4 is 28.5 Å². The van der Waals surface area contributed by atoms with Gasteiger partial charge in [0, 0.05) is 10.9 Å². The van der Waals surface area contributed by atoms with Crippen molar-refractivity contribution in [2.45, 2.75) is 24.8 Å². The topological polar surface area (TPSA) is 57.8 Å². The monoisotopic (exact) mass is 415 g/mol. The van der Waals surface area contributed by atoms with Gasteiger partial charge in [-0.05, 0) is 48.1 Å². The lowest BCUT2D eigenvalue weighted by Gasteiger charge is -2.17. The van der Waals surface area contributed by atoms with E-state index in [9.17, 15) is 4.79 Å². The average Bonchev–Trinajstić information content (AvgIpc) is 3.44. The number of fused-ring (bicyclic) bond motifs is 1. The Morgan fingerprint density at radius 3 is 2.57 bits per heavy atom. The van der Waals surface area contributed by atoms with Gasteiger partial charge in [-0.2, -0.15) is 0 Å². The molecule has 0 radical (unpaired) electrons. The van der Waals surface area contributed by atoms with Crippen LogP contribution in [0.15, 0.2) is 78.9 Å². The number of halogens is 1. The molecule has 2 N–H and O–H groups in total. The Morgan fingerprint density at radius 1 is 1.03 bits per heavy atom. The third-order valence-corrected chi connectivity index (χ3v) is 6.11. The summed E-state index contributed by atoms with van der Waals surface area (Å²) in [7, 11) is 0. The zero-order valence-corrected chi connectivity index (χ0v) is 17.1. The number of amides is 1. The standard InChI is InChI=1S/C25H22ClN3O/c26-20-11-5-4-10-17(20)18-15-19(18)25(30)29-23(14-16-8-2-1-3-9-16)24-27-21-12-6-7-13-22(21)28-24/h1-13,18-19,23H,14-15H2,(H,27,28)(H,29,30)/t18?,19?,23-/m0/s1. The minimum absolute atomic E-state index is 0.0486. The molecule has 0 saturated heterocycles. The summed E-state index contributed by atoms with van der Waals surface area (Å²) in [5.41, 5.74) is 4.09. The highest BCUT2D eigenvalue weighted by molar-refractivity contribution is 6.31. The molecule has 0 aliphatic heterocycles. The van der Waals surface area contributed by atoms with E-state index in [0.717, 1.165) is 39.4 Å². The van der Waals surface area contributed by atoms with Crippen LogP contribution in [0.3, 0.4) is 0 Å². The van der Waals surface area contributed by atoms with Crippen molar-refractivity contribution in [3.05, 3.63) is 101 Å². The van der Waals surface area contributed by atoms with Gasteiger partial charge >= 0.3 is 0 Å². The van der Waals surface area contributed by atoms with Crippen LogP contribution < -0.4 is 5.32 Å². The summed E-state index contributed by atoms with van der Waals surface area (Å²) in [4.78, 5) is 21.2. The molecule has 0 bridgehead atoms. The van der Waals surface area contributed by atoms with Crippen molar-refractivity contribution in [1.82, 2.24) is 15.3 Å². The maximum atomic E-state index is 13.1. The van der Waals surface area contributed by atoms with Crippen molar-refractivity contribution in [1.29, 1.82) is 0 Å². The zero-order valence-electron chi connectivity index (χ0n) is 16.4. The van der Waals surface area contributed by atoms with E-state index in [1.54, 1.807) is 0 Å². The first kappa shape index (κ1) is 18.9. The van der Waals surface area contributed by atoms with E-state index in [0.29, 0.717) is 6.42 Å². The Labute approximate surface area is 180 Å². The Kier molecular flexibility index (Phi) is 5.01. The van der Waals surface area contributed by atoms with Crippen LogP contribution in [0.25, 0.3) is 11.0 Å². The number of nitrogens with zero attached hydrogens (tertiary/aromatic N) is 1. The summed E-state index contributed by atoms with van der Waals surface area (Å²) in [6.07, 6.45) is 1.50. The fourth-order valence-electron chi connectivity index (χ4n) is 4.09. The number of H-pyrrole nitrogens is 1. The van der Waals surface area contributed by atoms with Gasteiger partial charge in [0.1, 0.15) is 5.82 Å².